The predicted octanol–water partition coefficient (Wildman–Crippen LogP) is 5.77. The van der Waals surface area contributed by atoms with Crippen LogP contribution in [0.2, 0.25) is 0.515 Å². The first-order valence-electron chi connectivity index (χ1n) is 7.82. The van der Waals surface area contributed by atoms with E-state index in [1.807, 2.05) is 0 Å². The second-order valence-corrected chi connectivity index (χ2v) is 6.68. The molecule has 0 saturated heterocycles. The van der Waals surface area contributed by atoms with E-state index in [2.05, 4.69) is 55.5 Å². The van der Waals surface area contributed by atoms with E-state index in [0.29, 0.717) is 0 Å². The zero-order valence-corrected chi connectivity index (χ0v) is 15.7. The number of hydrogen-bond acceptors (Lipinski definition) is 0. The van der Waals surface area contributed by atoms with Gasteiger partial charge in [0.2, 0.25) is 0 Å². The van der Waals surface area contributed by atoms with Gasteiger partial charge >= 0.3 is 94.9 Å². The van der Waals surface area contributed by atoms with Crippen LogP contribution in [0.15, 0.2) is 48.5 Å². The average Bonchev–Trinajstić information content (AvgIpc) is 2.48. The van der Waals surface area contributed by atoms with E-state index in [0.717, 1.165) is 49.0 Å². The Balaban J connectivity index is 0.000000192. The Kier molecular flexibility index (Phi) is 11.1. The summed E-state index contributed by atoms with van der Waals surface area (Å²) in [6, 6.07) is 16.7. The maximum atomic E-state index is 2.27. The molecule has 19 heavy (non-hydrogen) atoms. The topological polar surface area (TPSA) is 0 Å². The van der Waals surface area contributed by atoms with Crippen molar-refractivity contribution in [1.82, 2.24) is 0 Å². The normalized spacial score (nSPS) is 10.1. The van der Waals surface area contributed by atoms with Crippen LogP contribution in [0.5, 0.6) is 0 Å². The van der Waals surface area contributed by atoms with Crippen LogP contribution in [0.4, 0.5) is 0 Å². The molecule has 2 aromatic carbocycles. The molecule has 0 aliphatic carbocycles. The molecule has 0 unspecified atom stereocenters. The monoisotopic (exact) mass is 280 g/mol. The van der Waals surface area contributed by atoms with Crippen LogP contribution in [-0.4, -0.2) is 49.0 Å². The van der Waals surface area contributed by atoms with E-state index in [4.69, 9.17) is 0 Å². The first-order chi connectivity index (χ1) is 9.38. The van der Waals surface area contributed by atoms with Gasteiger partial charge in [0.25, 0.3) is 0 Å². The molecule has 2 aromatic rings. The SMILES string of the molecule is CCCCCCC[CH2][K].c1ccc2ccccc2c1. The van der Waals surface area contributed by atoms with Gasteiger partial charge in [0.1, 0.15) is 0 Å². The summed E-state index contributed by atoms with van der Waals surface area (Å²) in [7, 11) is 0. The zero-order valence-electron chi connectivity index (χ0n) is 12.6. The number of benzene rings is 2. The molecule has 0 radical (unpaired) electrons. The fourth-order valence-electron chi connectivity index (χ4n) is 2.16. The van der Waals surface area contributed by atoms with Gasteiger partial charge in [-0.25, -0.2) is 0 Å². The Morgan fingerprint density at radius 3 is 1.53 bits per heavy atom. The Bertz CT molecular complexity index is 365. The van der Waals surface area contributed by atoms with Crippen molar-refractivity contribution in [3.05, 3.63) is 48.5 Å². The van der Waals surface area contributed by atoms with Crippen LogP contribution in [0.25, 0.3) is 10.8 Å². The van der Waals surface area contributed by atoms with Gasteiger partial charge in [-0.3, -0.25) is 0 Å². The Morgan fingerprint density at radius 1 is 0.684 bits per heavy atom. The van der Waals surface area contributed by atoms with E-state index < -0.39 is 0 Å². The third kappa shape index (κ3) is 8.26. The number of fused-ring (bicyclic) bond motifs is 1. The van der Waals surface area contributed by atoms with Crippen LogP contribution in [0.1, 0.15) is 45.4 Å². The summed E-state index contributed by atoms with van der Waals surface area (Å²) in [6.45, 7) is 2.27. The second kappa shape index (κ2) is 12.1. The van der Waals surface area contributed by atoms with E-state index in [1.54, 1.807) is 0.515 Å². The van der Waals surface area contributed by atoms with E-state index in [1.165, 1.54) is 49.3 Å². The largest absolute Gasteiger partial charge is 0.0616 e. The van der Waals surface area contributed by atoms with Gasteiger partial charge in [0.15, 0.2) is 0 Å². The maximum absolute atomic E-state index is 2.27. The van der Waals surface area contributed by atoms with Crippen molar-refractivity contribution in [3.8, 4) is 0 Å². The molecule has 0 bridgehead atoms. The smallest absolute Gasteiger partial charge is 0.0184 e. The fourth-order valence-corrected chi connectivity index (χ4v) is 2.94. The fraction of sp³-hybridized carbons (Fsp3) is 0.444. The van der Waals surface area contributed by atoms with Crippen molar-refractivity contribution in [2.24, 2.45) is 0 Å². The van der Waals surface area contributed by atoms with Gasteiger partial charge in [-0.15, -0.1) is 0 Å². The molecule has 0 saturated carbocycles. The zero-order chi connectivity index (χ0) is 13.8. The third-order valence-corrected chi connectivity index (χ3v) is 4.47. The minimum Gasteiger partial charge on any atom is -0.0616 e. The quantitative estimate of drug-likeness (QED) is 0.465. The van der Waals surface area contributed by atoms with Crippen molar-refractivity contribution in [3.63, 3.8) is 0 Å². The van der Waals surface area contributed by atoms with Crippen LogP contribution in [-0.2, 0) is 0 Å². The Labute approximate surface area is 152 Å². The predicted molar refractivity (Wildman–Crippen MR) is 87.9 cm³/mol. The van der Waals surface area contributed by atoms with Crippen LogP contribution in [0.3, 0.4) is 0 Å². The average molecular weight is 280 g/mol. The standard InChI is InChI=1S/C10H8.C8H17.K/c1-2-6-10-8-4-3-7-9(10)5-1;1-3-5-7-8-6-4-2;/h1-8H;1,3-8H2,2H3;. The Morgan fingerprint density at radius 2 is 1.11 bits per heavy atom. The summed E-state index contributed by atoms with van der Waals surface area (Å²) in [4.78, 5) is 0. The van der Waals surface area contributed by atoms with Crippen molar-refractivity contribution in [2.75, 3.05) is 0 Å². The Hall–Kier alpha value is 0.336. The molecule has 1 heteroatoms. The first kappa shape index (κ1) is 17.4. The minimum atomic E-state index is 1.11. The maximum Gasteiger partial charge on any atom is -0.0184 e. The molecule has 0 aromatic heterocycles. The molecule has 0 nitrogen and oxygen atoms in total. The van der Waals surface area contributed by atoms with Gasteiger partial charge < -0.3 is 0 Å². The summed E-state index contributed by atoms with van der Waals surface area (Å²) in [5.74, 6) is 0. The van der Waals surface area contributed by atoms with Gasteiger partial charge in [-0.2, -0.15) is 0 Å². The van der Waals surface area contributed by atoms with Crippen molar-refractivity contribution < 1.29 is 0 Å². The molecule has 0 spiro atoms. The van der Waals surface area contributed by atoms with E-state index in [9.17, 15) is 0 Å². The third-order valence-electron chi connectivity index (χ3n) is 3.37. The molecular weight excluding hydrogens is 255 g/mol. The number of hydrogen-bond donors (Lipinski definition) is 0. The summed E-state index contributed by atoms with van der Waals surface area (Å²) in [5.41, 5.74) is 0. The molecule has 0 aliphatic rings. The second-order valence-electron chi connectivity index (χ2n) is 5.11. The molecule has 2 rings (SSSR count). The number of unbranched alkanes of at least 4 members (excludes halogenated alkanes) is 5. The van der Waals surface area contributed by atoms with Crippen molar-refractivity contribution in [1.29, 1.82) is 0 Å². The van der Waals surface area contributed by atoms with Crippen LogP contribution in [0, 0.1) is 0 Å². The molecule has 98 valence electrons. The number of rotatable bonds is 6. The van der Waals surface area contributed by atoms with Gasteiger partial charge in [-0.05, 0) is 10.8 Å². The van der Waals surface area contributed by atoms with E-state index >= 15 is 0 Å². The van der Waals surface area contributed by atoms with E-state index in [-0.39, 0.29) is 0 Å². The molecule has 0 N–H and O–H groups in total. The van der Waals surface area contributed by atoms with Gasteiger partial charge in [0.05, 0.1) is 0 Å². The summed E-state index contributed by atoms with van der Waals surface area (Å²) in [5, 5.41) is 2.62. The summed E-state index contributed by atoms with van der Waals surface area (Å²) < 4.78 is 1.55. The van der Waals surface area contributed by atoms with Crippen molar-refractivity contribution >= 4 is 59.7 Å². The molecule has 0 heterocycles. The van der Waals surface area contributed by atoms with Crippen LogP contribution < -0.4 is 0 Å². The molecule has 0 atom stereocenters. The molecule has 0 amide bonds. The van der Waals surface area contributed by atoms with Gasteiger partial charge in [0, 0.05) is 0 Å². The van der Waals surface area contributed by atoms with Gasteiger partial charge in [-0.1, -0.05) is 48.5 Å². The minimum absolute atomic E-state index is 1.11. The summed E-state index contributed by atoms with van der Waals surface area (Å²) in [6.07, 6.45) is 8.81. The first-order valence-corrected chi connectivity index (χ1v) is 10.0. The molecular formula is C18H25K. The molecule has 0 fully saturated rings. The van der Waals surface area contributed by atoms with Crippen molar-refractivity contribution in [2.45, 2.75) is 46.0 Å². The van der Waals surface area contributed by atoms with Crippen LogP contribution >= 0.6 is 0 Å². The summed E-state index contributed by atoms with van der Waals surface area (Å²) >= 11 is 1.11. The molecule has 0 aliphatic heterocycles.